The van der Waals surface area contributed by atoms with Gasteiger partial charge in [0.15, 0.2) is 4.96 Å². The summed E-state index contributed by atoms with van der Waals surface area (Å²) in [6.07, 6.45) is 3.52. The number of amides is 1. The number of halogens is 1. The highest BCUT2D eigenvalue weighted by Gasteiger charge is 2.13. The average molecular weight is 334 g/mol. The lowest BCUT2D eigenvalue weighted by Crippen LogP contribution is -2.32. The molecule has 3 aromatic rings. The SMILES string of the molecule is O=C(NCCc1ccccc1Cl)c1cnc2sccn2c1=O. The molecule has 0 atom stereocenters. The summed E-state index contributed by atoms with van der Waals surface area (Å²) in [7, 11) is 0. The minimum Gasteiger partial charge on any atom is -0.351 e. The third-order valence-electron chi connectivity index (χ3n) is 3.23. The van der Waals surface area contributed by atoms with Crippen LogP contribution in [0.4, 0.5) is 0 Å². The van der Waals surface area contributed by atoms with Crippen LogP contribution in [-0.4, -0.2) is 21.8 Å². The number of benzene rings is 1. The first-order valence-electron chi connectivity index (χ1n) is 6.63. The van der Waals surface area contributed by atoms with Crippen LogP contribution in [0.2, 0.25) is 5.02 Å². The van der Waals surface area contributed by atoms with Crippen molar-refractivity contribution in [1.29, 1.82) is 0 Å². The van der Waals surface area contributed by atoms with Crippen molar-refractivity contribution in [2.45, 2.75) is 6.42 Å². The molecule has 5 nitrogen and oxygen atoms in total. The minimum absolute atomic E-state index is 0.0371. The quantitative estimate of drug-likeness (QED) is 0.797. The highest BCUT2D eigenvalue weighted by Crippen LogP contribution is 2.14. The van der Waals surface area contributed by atoms with E-state index in [2.05, 4.69) is 10.3 Å². The molecule has 112 valence electrons. The second-order valence-corrected chi connectivity index (χ2v) is 5.91. The highest BCUT2D eigenvalue weighted by molar-refractivity contribution is 7.15. The molecule has 2 aromatic heterocycles. The van der Waals surface area contributed by atoms with E-state index in [1.807, 2.05) is 18.2 Å². The van der Waals surface area contributed by atoms with E-state index in [0.29, 0.717) is 22.9 Å². The molecule has 7 heteroatoms. The Hall–Kier alpha value is -2.18. The standard InChI is InChI=1S/C15H12ClN3O2S/c16-12-4-2-1-3-10(12)5-6-17-13(20)11-9-18-15-19(14(11)21)7-8-22-15/h1-4,7-9H,5-6H2,(H,17,20). The van der Waals surface area contributed by atoms with Crippen LogP contribution >= 0.6 is 22.9 Å². The van der Waals surface area contributed by atoms with Crippen molar-refractivity contribution in [3.8, 4) is 0 Å². The fourth-order valence-electron chi connectivity index (χ4n) is 2.09. The van der Waals surface area contributed by atoms with Gasteiger partial charge in [-0.1, -0.05) is 29.8 Å². The lowest BCUT2D eigenvalue weighted by atomic mass is 10.1. The van der Waals surface area contributed by atoms with E-state index in [-0.39, 0.29) is 11.1 Å². The molecule has 22 heavy (non-hydrogen) atoms. The van der Waals surface area contributed by atoms with Crippen molar-refractivity contribution >= 4 is 33.8 Å². The number of nitrogens with one attached hydrogen (secondary N) is 1. The number of hydrogen-bond acceptors (Lipinski definition) is 4. The van der Waals surface area contributed by atoms with Gasteiger partial charge >= 0.3 is 0 Å². The van der Waals surface area contributed by atoms with Crippen LogP contribution in [0.1, 0.15) is 15.9 Å². The molecule has 0 aliphatic heterocycles. The second kappa shape index (κ2) is 6.29. The van der Waals surface area contributed by atoms with Crippen molar-refractivity contribution in [3.63, 3.8) is 0 Å². The maximum absolute atomic E-state index is 12.2. The second-order valence-electron chi connectivity index (χ2n) is 4.63. The number of thiazole rings is 1. The van der Waals surface area contributed by atoms with Gasteiger partial charge in [-0.25, -0.2) is 4.98 Å². The van der Waals surface area contributed by atoms with Gasteiger partial charge in [0.1, 0.15) is 5.56 Å². The molecule has 3 rings (SSSR count). The van der Waals surface area contributed by atoms with Gasteiger partial charge in [0, 0.05) is 29.3 Å². The molecule has 0 spiro atoms. The third kappa shape index (κ3) is 2.88. The molecule has 1 aromatic carbocycles. The summed E-state index contributed by atoms with van der Waals surface area (Å²) in [5.41, 5.74) is 0.629. The molecule has 0 fully saturated rings. The zero-order valence-corrected chi connectivity index (χ0v) is 13.0. The lowest BCUT2D eigenvalue weighted by molar-refractivity contribution is 0.0952. The van der Waals surface area contributed by atoms with Crippen molar-refractivity contribution in [3.05, 3.63) is 68.5 Å². The van der Waals surface area contributed by atoms with E-state index in [4.69, 9.17) is 11.6 Å². The number of carbonyl (C=O) groups is 1. The first-order chi connectivity index (χ1) is 10.7. The van der Waals surface area contributed by atoms with Crippen LogP contribution in [-0.2, 0) is 6.42 Å². The van der Waals surface area contributed by atoms with Crippen molar-refractivity contribution in [2.24, 2.45) is 0 Å². The fourth-order valence-corrected chi connectivity index (χ4v) is 2.99. The Morgan fingerprint density at radius 1 is 1.36 bits per heavy atom. The normalized spacial score (nSPS) is 10.8. The molecule has 0 aliphatic carbocycles. The van der Waals surface area contributed by atoms with Crippen molar-refractivity contribution < 1.29 is 4.79 Å². The Bertz CT molecular complexity index is 888. The molecule has 0 saturated carbocycles. The summed E-state index contributed by atoms with van der Waals surface area (Å²) < 4.78 is 1.37. The maximum atomic E-state index is 12.2. The van der Waals surface area contributed by atoms with Crippen LogP contribution in [0.3, 0.4) is 0 Å². The predicted octanol–water partition coefficient (Wildman–Crippen LogP) is 2.38. The Kier molecular flexibility index (Phi) is 4.22. The Morgan fingerprint density at radius 2 is 2.18 bits per heavy atom. The van der Waals surface area contributed by atoms with E-state index < -0.39 is 5.91 Å². The topological polar surface area (TPSA) is 63.5 Å². The van der Waals surface area contributed by atoms with Gasteiger partial charge in [0.2, 0.25) is 0 Å². The van der Waals surface area contributed by atoms with Gasteiger partial charge in [-0.15, -0.1) is 11.3 Å². The first-order valence-corrected chi connectivity index (χ1v) is 7.89. The van der Waals surface area contributed by atoms with Crippen LogP contribution in [0.15, 0.2) is 46.8 Å². The Labute approximate surface area is 135 Å². The number of aromatic nitrogens is 2. The number of nitrogens with zero attached hydrogens (tertiary/aromatic N) is 2. The number of fused-ring (bicyclic) bond motifs is 1. The van der Waals surface area contributed by atoms with Gasteiger partial charge in [-0.3, -0.25) is 14.0 Å². The molecule has 0 aliphatic rings. The van der Waals surface area contributed by atoms with Crippen molar-refractivity contribution in [1.82, 2.24) is 14.7 Å². The van der Waals surface area contributed by atoms with E-state index in [9.17, 15) is 9.59 Å². The highest BCUT2D eigenvalue weighted by atomic mass is 35.5. The first kappa shape index (κ1) is 14.7. The predicted molar refractivity (Wildman–Crippen MR) is 86.8 cm³/mol. The van der Waals surface area contributed by atoms with E-state index in [1.54, 1.807) is 17.6 Å². The molecular formula is C15H12ClN3O2S. The summed E-state index contributed by atoms with van der Waals surface area (Å²) in [6.45, 7) is 0.397. The third-order valence-corrected chi connectivity index (χ3v) is 4.36. The minimum atomic E-state index is -0.426. The molecular weight excluding hydrogens is 322 g/mol. The molecule has 1 N–H and O–H groups in total. The number of hydrogen-bond donors (Lipinski definition) is 1. The smallest absolute Gasteiger partial charge is 0.271 e. The molecule has 0 bridgehead atoms. The molecule has 0 radical (unpaired) electrons. The number of rotatable bonds is 4. The zero-order valence-electron chi connectivity index (χ0n) is 11.5. The van der Waals surface area contributed by atoms with Gasteiger partial charge in [0.05, 0.1) is 0 Å². The van der Waals surface area contributed by atoms with E-state index in [1.165, 1.54) is 21.9 Å². The summed E-state index contributed by atoms with van der Waals surface area (Å²) in [6, 6.07) is 7.46. The Balaban J connectivity index is 1.70. The lowest BCUT2D eigenvalue weighted by Gasteiger charge is -2.06. The Morgan fingerprint density at radius 3 is 3.00 bits per heavy atom. The summed E-state index contributed by atoms with van der Waals surface area (Å²) in [4.78, 5) is 28.9. The molecule has 1 amide bonds. The summed E-state index contributed by atoms with van der Waals surface area (Å²) in [5.74, 6) is -0.426. The van der Waals surface area contributed by atoms with E-state index in [0.717, 1.165) is 5.56 Å². The van der Waals surface area contributed by atoms with Gasteiger partial charge in [0.25, 0.3) is 11.5 Å². The summed E-state index contributed by atoms with van der Waals surface area (Å²) >= 11 is 7.40. The van der Waals surface area contributed by atoms with Crippen LogP contribution in [0.5, 0.6) is 0 Å². The zero-order chi connectivity index (χ0) is 15.5. The molecule has 2 heterocycles. The monoisotopic (exact) mass is 333 g/mol. The fraction of sp³-hybridized carbons (Fsp3) is 0.133. The maximum Gasteiger partial charge on any atom is 0.271 e. The van der Waals surface area contributed by atoms with Gasteiger partial charge in [-0.05, 0) is 18.1 Å². The van der Waals surface area contributed by atoms with Crippen LogP contribution in [0.25, 0.3) is 4.96 Å². The van der Waals surface area contributed by atoms with E-state index >= 15 is 0 Å². The van der Waals surface area contributed by atoms with Gasteiger partial charge in [-0.2, -0.15) is 0 Å². The van der Waals surface area contributed by atoms with Crippen molar-refractivity contribution in [2.75, 3.05) is 6.54 Å². The summed E-state index contributed by atoms with van der Waals surface area (Å²) in [5, 5.41) is 5.14. The van der Waals surface area contributed by atoms with Crippen LogP contribution < -0.4 is 10.9 Å². The van der Waals surface area contributed by atoms with Gasteiger partial charge < -0.3 is 5.32 Å². The average Bonchev–Trinajstić information content (AvgIpc) is 2.99. The molecule has 0 unspecified atom stereocenters. The largest absolute Gasteiger partial charge is 0.351 e. The van der Waals surface area contributed by atoms with Crippen LogP contribution in [0, 0.1) is 0 Å². The molecule has 0 saturated heterocycles. The number of carbonyl (C=O) groups excluding carboxylic acids is 1.